The van der Waals surface area contributed by atoms with Crippen LogP contribution in [0, 0.1) is 5.82 Å². The maximum absolute atomic E-state index is 13.3. The number of fused-ring (bicyclic) bond motifs is 1. The number of carbonyl (C=O) groups excluding carboxylic acids is 1. The maximum atomic E-state index is 13.3. The first kappa shape index (κ1) is 15.2. The van der Waals surface area contributed by atoms with E-state index in [0.717, 1.165) is 27.6 Å². The molecular formula is C20H17FO2. The van der Waals surface area contributed by atoms with E-state index in [4.69, 9.17) is 4.74 Å². The van der Waals surface area contributed by atoms with Crippen LogP contribution in [0.3, 0.4) is 0 Å². The minimum atomic E-state index is -0.243. The summed E-state index contributed by atoms with van der Waals surface area (Å²) in [6.07, 6.45) is 0.409. The third-order valence-corrected chi connectivity index (χ3v) is 3.62. The van der Waals surface area contributed by atoms with Crippen molar-refractivity contribution in [2.45, 2.75) is 20.0 Å². The highest BCUT2D eigenvalue weighted by molar-refractivity contribution is 5.83. The fraction of sp³-hybridized carbons (Fsp3) is 0.150. The summed E-state index contributed by atoms with van der Waals surface area (Å²) < 4.78 is 19.1. The smallest absolute Gasteiger partial charge is 0.134 e. The third-order valence-electron chi connectivity index (χ3n) is 3.62. The number of hydrogen-bond acceptors (Lipinski definition) is 2. The Kier molecular flexibility index (Phi) is 4.38. The normalized spacial score (nSPS) is 10.7. The molecule has 0 aliphatic carbocycles. The summed E-state index contributed by atoms with van der Waals surface area (Å²) in [5.74, 6) is 0.606. The van der Waals surface area contributed by atoms with Crippen LogP contribution in [0.2, 0.25) is 0 Å². The Morgan fingerprint density at radius 1 is 0.957 bits per heavy atom. The van der Waals surface area contributed by atoms with Gasteiger partial charge in [-0.3, -0.25) is 4.79 Å². The molecule has 3 aromatic carbocycles. The summed E-state index contributed by atoms with van der Waals surface area (Å²) in [5.41, 5.74) is 1.91. The minimum Gasteiger partial charge on any atom is -0.489 e. The van der Waals surface area contributed by atoms with Crippen molar-refractivity contribution < 1.29 is 13.9 Å². The summed E-state index contributed by atoms with van der Waals surface area (Å²) in [5, 5.41) is 1.86. The molecule has 0 N–H and O–H groups in total. The molecule has 0 amide bonds. The van der Waals surface area contributed by atoms with E-state index in [2.05, 4.69) is 0 Å². The lowest BCUT2D eigenvalue weighted by molar-refractivity contribution is -0.116. The number of benzene rings is 3. The van der Waals surface area contributed by atoms with Gasteiger partial charge in [-0.1, -0.05) is 30.3 Å². The zero-order valence-electron chi connectivity index (χ0n) is 12.9. The Morgan fingerprint density at radius 2 is 1.78 bits per heavy atom. The van der Waals surface area contributed by atoms with E-state index >= 15 is 0 Å². The number of rotatable bonds is 5. The second-order valence-electron chi connectivity index (χ2n) is 5.64. The predicted molar refractivity (Wildman–Crippen MR) is 89.1 cm³/mol. The third kappa shape index (κ3) is 3.95. The van der Waals surface area contributed by atoms with Crippen LogP contribution in [0.1, 0.15) is 18.1 Å². The molecule has 0 atom stereocenters. The number of Topliss-reactive ketones (excluding diaryl/α,β-unsaturated/α-hetero) is 1. The molecule has 2 nitrogen and oxygen atoms in total. The molecule has 0 radical (unpaired) electrons. The molecule has 0 saturated heterocycles. The summed E-state index contributed by atoms with van der Waals surface area (Å²) in [4.78, 5) is 11.2. The molecule has 3 rings (SSSR count). The van der Waals surface area contributed by atoms with Gasteiger partial charge < -0.3 is 4.74 Å². The zero-order chi connectivity index (χ0) is 16.2. The second kappa shape index (κ2) is 6.61. The standard InChI is InChI=1S/C20H17FO2/c1-14(22)9-15-3-2-4-20(11-15)23-13-16-5-6-17-7-8-19(21)12-18(17)10-16/h2-8,10-12H,9,13H2,1H3. The Labute approximate surface area is 134 Å². The van der Waals surface area contributed by atoms with Crippen LogP contribution in [0.15, 0.2) is 60.7 Å². The molecule has 3 aromatic rings. The minimum absolute atomic E-state index is 0.124. The molecule has 0 heterocycles. The molecular weight excluding hydrogens is 291 g/mol. The van der Waals surface area contributed by atoms with Gasteiger partial charge >= 0.3 is 0 Å². The molecule has 0 aromatic heterocycles. The molecule has 0 saturated carbocycles. The first-order valence-corrected chi connectivity index (χ1v) is 7.49. The molecule has 0 bridgehead atoms. The monoisotopic (exact) mass is 308 g/mol. The number of hydrogen-bond donors (Lipinski definition) is 0. The van der Waals surface area contributed by atoms with Crippen LogP contribution in [0.4, 0.5) is 4.39 Å². The predicted octanol–water partition coefficient (Wildman–Crippen LogP) is 4.69. The van der Waals surface area contributed by atoms with Crippen molar-refractivity contribution in [1.82, 2.24) is 0 Å². The van der Waals surface area contributed by atoms with Crippen molar-refractivity contribution in [3.8, 4) is 5.75 Å². The van der Waals surface area contributed by atoms with Crippen LogP contribution < -0.4 is 4.74 Å². The van der Waals surface area contributed by atoms with Gasteiger partial charge in [-0.25, -0.2) is 4.39 Å². The van der Waals surface area contributed by atoms with Gasteiger partial charge in [0.2, 0.25) is 0 Å². The van der Waals surface area contributed by atoms with Gasteiger partial charge in [-0.2, -0.15) is 0 Å². The van der Waals surface area contributed by atoms with E-state index in [9.17, 15) is 9.18 Å². The van der Waals surface area contributed by atoms with Gasteiger partial charge in [0, 0.05) is 6.42 Å². The van der Waals surface area contributed by atoms with E-state index in [1.165, 1.54) is 12.1 Å². The SMILES string of the molecule is CC(=O)Cc1cccc(OCc2ccc3ccc(F)cc3c2)c1. The lowest BCUT2D eigenvalue weighted by Crippen LogP contribution is -1.99. The van der Waals surface area contributed by atoms with Gasteiger partial charge in [0.25, 0.3) is 0 Å². The van der Waals surface area contributed by atoms with E-state index in [1.807, 2.05) is 42.5 Å². The average Bonchev–Trinajstić information content (AvgIpc) is 2.52. The number of ether oxygens (including phenoxy) is 1. The van der Waals surface area contributed by atoms with Crippen LogP contribution in [-0.2, 0) is 17.8 Å². The van der Waals surface area contributed by atoms with Crippen LogP contribution >= 0.6 is 0 Å². The highest BCUT2D eigenvalue weighted by atomic mass is 19.1. The van der Waals surface area contributed by atoms with Crippen molar-refractivity contribution in [2.75, 3.05) is 0 Å². The topological polar surface area (TPSA) is 26.3 Å². The van der Waals surface area contributed by atoms with E-state index in [-0.39, 0.29) is 11.6 Å². The molecule has 0 unspecified atom stereocenters. The Hall–Kier alpha value is -2.68. The highest BCUT2D eigenvalue weighted by Gasteiger charge is 2.02. The highest BCUT2D eigenvalue weighted by Crippen LogP contribution is 2.20. The second-order valence-corrected chi connectivity index (χ2v) is 5.64. The van der Waals surface area contributed by atoms with Crippen molar-refractivity contribution >= 4 is 16.6 Å². The fourth-order valence-corrected chi connectivity index (χ4v) is 2.56. The lowest BCUT2D eigenvalue weighted by atomic mass is 10.1. The van der Waals surface area contributed by atoms with Crippen molar-refractivity contribution in [3.63, 3.8) is 0 Å². The van der Waals surface area contributed by atoms with Gasteiger partial charge in [-0.15, -0.1) is 0 Å². The molecule has 0 aliphatic rings. The average molecular weight is 308 g/mol. The Morgan fingerprint density at radius 3 is 2.61 bits per heavy atom. The van der Waals surface area contributed by atoms with Gasteiger partial charge in [-0.05, 0) is 59.2 Å². The molecule has 0 aliphatic heterocycles. The lowest BCUT2D eigenvalue weighted by Gasteiger charge is -2.09. The first-order chi connectivity index (χ1) is 11.1. The molecule has 3 heteroatoms. The number of carbonyl (C=O) groups is 1. The molecule has 116 valence electrons. The summed E-state index contributed by atoms with van der Waals surface area (Å²) in [6.45, 7) is 1.97. The van der Waals surface area contributed by atoms with E-state index < -0.39 is 0 Å². The zero-order valence-corrected chi connectivity index (χ0v) is 12.9. The maximum Gasteiger partial charge on any atom is 0.134 e. The molecule has 0 fully saturated rings. The summed E-state index contributed by atoms with van der Waals surface area (Å²) in [6, 6.07) is 18.1. The van der Waals surface area contributed by atoms with Crippen molar-refractivity contribution in [1.29, 1.82) is 0 Å². The van der Waals surface area contributed by atoms with Crippen LogP contribution in [-0.4, -0.2) is 5.78 Å². The summed E-state index contributed by atoms with van der Waals surface area (Å²) >= 11 is 0. The van der Waals surface area contributed by atoms with Crippen LogP contribution in [0.25, 0.3) is 10.8 Å². The largest absolute Gasteiger partial charge is 0.489 e. The van der Waals surface area contributed by atoms with E-state index in [1.54, 1.807) is 13.0 Å². The Balaban J connectivity index is 1.74. The summed E-state index contributed by atoms with van der Waals surface area (Å²) in [7, 11) is 0. The fourth-order valence-electron chi connectivity index (χ4n) is 2.56. The van der Waals surface area contributed by atoms with Crippen molar-refractivity contribution in [2.24, 2.45) is 0 Å². The Bertz CT molecular complexity index is 855. The number of halogens is 1. The van der Waals surface area contributed by atoms with Crippen LogP contribution in [0.5, 0.6) is 5.75 Å². The number of ketones is 1. The van der Waals surface area contributed by atoms with Crippen molar-refractivity contribution in [3.05, 3.63) is 77.6 Å². The van der Waals surface area contributed by atoms with Gasteiger partial charge in [0.05, 0.1) is 0 Å². The molecule has 0 spiro atoms. The molecule has 23 heavy (non-hydrogen) atoms. The first-order valence-electron chi connectivity index (χ1n) is 7.49. The quantitative estimate of drug-likeness (QED) is 0.683. The van der Waals surface area contributed by atoms with Gasteiger partial charge in [0.1, 0.15) is 24.0 Å². The van der Waals surface area contributed by atoms with E-state index in [0.29, 0.717) is 13.0 Å². The van der Waals surface area contributed by atoms with Gasteiger partial charge in [0.15, 0.2) is 0 Å².